The predicted octanol–water partition coefficient (Wildman–Crippen LogP) is 0.287. The molecule has 0 fully saturated rings. The van der Waals surface area contributed by atoms with Crippen LogP contribution in [0.3, 0.4) is 0 Å². The van der Waals surface area contributed by atoms with Gasteiger partial charge in [0.1, 0.15) is 11.8 Å². The molecule has 0 aliphatic heterocycles. The second-order valence-corrected chi connectivity index (χ2v) is 3.22. The van der Waals surface area contributed by atoms with Gasteiger partial charge in [-0.15, -0.1) is 0 Å². The molecule has 5 heteroatoms. The number of hydrogen-bond acceptors (Lipinski definition) is 3. The highest BCUT2D eigenvalue weighted by Crippen LogP contribution is 2.06. The molecular weight excluding hydrogens is 186 g/mol. The number of ketones is 1. The second-order valence-electron chi connectivity index (χ2n) is 3.22. The normalized spacial score (nSPS) is 11.9. The molecule has 0 bridgehead atoms. The molecule has 5 nitrogen and oxygen atoms in total. The molecule has 0 aromatic heterocycles. The van der Waals surface area contributed by atoms with Crippen molar-refractivity contribution in [2.45, 2.75) is 32.7 Å². The molecule has 1 N–H and O–H groups in total. The van der Waals surface area contributed by atoms with Crippen LogP contribution < -0.4 is 0 Å². The summed E-state index contributed by atoms with van der Waals surface area (Å²) >= 11 is 0. The monoisotopic (exact) mass is 201 g/mol. The summed E-state index contributed by atoms with van der Waals surface area (Å²) in [4.78, 5) is 33.5. The quantitative estimate of drug-likeness (QED) is 0.693. The van der Waals surface area contributed by atoms with E-state index in [1.54, 1.807) is 0 Å². The van der Waals surface area contributed by atoms with Crippen LogP contribution in [0.2, 0.25) is 0 Å². The first kappa shape index (κ1) is 12.6. The lowest BCUT2D eigenvalue weighted by molar-refractivity contribution is -0.148. The lowest BCUT2D eigenvalue weighted by Gasteiger charge is -2.22. The van der Waals surface area contributed by atoms with Crippen molar-refractivity contribution in [1.29, 1.82) is 0 Å². The molecule has 1 amide bonds. The molecule has 14 heavy (non-hydrogen) atoms. The van der Waals surface area contributed by atoms with Crippen molar-refractivity contribution < 1.29 is 19.5 Å². The Morgan fingerprint density at radius 3 is 2.07 bits per heavy atom. The molecule has 0 saturated heterocycles. The summed E-state index contributed by atoms with van der Waals surface area (Å²) in [5.41, 5.74) is 0. The van der Waals surface area contributed by atoms with Crippen LogP contribution in [-0.2, 0) is 14.4 Å². The minimum atomic E-state index is -1.08. The van der Waals surface area contributed by atoms with E-state index < -0.39 is 12.0 Å². The molecule has 0 rings (SSSR count). The number of hydrogen-bond donors (Lipinski definition) is 1. The topological polar surface area (TPSA) is 74.7 Å². The van der Waals surface area contributed by atoms with Crippen molar-refractivity contribution in [1.82, 2.24) is 4.90 Å². The molecule has 0 saturated carbocycles. The Hall–Kier alpha value is -1.39. The van der Waals surface area contributed by atoms with Crippen LogP contribution in [0.1, 0.15) is 26.7 Å². The third-order valence-electron chi connectivity index (χ3n) is 2.02. The summed E-state index contributed by atoms with van der Waals surface area (Å²) in [6.45, 7) is 2.69. The summed E-state index contributed by atoms with van der Waals surface area (Å²) in [6, 6.07) is -0.906. The Kier molecular flexibility index (Phi) is 4.83. The number of likely N-dealkylation sites (N-methyl/N-ethyl adjacent to an activating group) is 1. The van der Waals surface area contributed by atoms with Gasteiger partial charge in [0.2, 0.25) is 5.91 Å². The van der Waals surface area contributed by atoms with E-state index in [0.717, 1.165) is 4.90 Å². The molecule has 0 aliphatic rings. The van der Waals surface area contributed by atoms with Gasteiger partial charge in [0.25, 0.3) is 0 Å². The minimum Gasteiger partial charge on any atom is -0.480 e. The van der Waals surface area contributed by atoms with Gasteiger partial charge in [-0.3, -0.25) is 4.79 Å². The van der Waals surface area contributed by atoms with Crippen LogP contribution >= 0.6 is 0 Å². The number of nitrogens with zero attached hydrogens (tertiary/aromatic N) is 1. The molecule has 0 aromatic rings. The molecule has 0 aromatic carbocycles. The summed E-state index contributed by atoms with van der Waals surface area (Å²) < 4.78 is 0. The third kappa shape index (κ3) is 4.02. The molecule has 0 unspecified atom stereocenters. The fourth-order valence-electron chi connectivity index (χ4n) is 1.04. The number of amides is 1. The first-order chi connectivity index (χ1) is 6.36. The van der Waals surface area contributed by atoms with E-state index in [4.69, 9.17) is 5.11 Å². The van der Waals surface area contributed by atoms with Crippen molar-refractivity contribution in [3.8, 4) is 0 Å². The van der Waals surface area contributed by atoms with Gasteiger partial charge in [-0.05, 0) is 13.3 Å². The maximum absolute atomic E-state index is 10.9. The Morgan fingerprint density at radius 2 is 1.79 bits per heavy atom. The maximum atomic E-state index is 10.9. The van der Waals surface area contributed by atoms with Crippen LogP contribution in [0, 0.1) is 0 Å². The standard InChI is InChI=1S/C9H15NO4/c1-6(11)4-5-8(9(13)14)10(3)7(2)12/h8H,4-5H2,1-3H3,(H,13,14)/t8-/m0/s1. The zero-order chi connectivity index (χ0) is 11.3. The summed E-state index contributed by atoms with van der Waals surface area (Å²) in [7, 11) is 1.42. The number of Topliss-reactive ketones (excluding diaryl/α,β-unsaturated/α-hetero) is 1. The van der Waals surface area contributed by atoms with E-state index in [0.29, 0.717) is 0 Å². The molecule has 0 aliphatic carbocycles. The Labute approximate surface area is 82.7 Å². The van der Waals surface area contributed by atoms with Gasteiger partial charge in [0.15, 0.2) is 0 Å². The Bertz CT molecular complexity index is 249. The van der Waals surface area contributed by atoms with E-state index in [-0.39, 0.29) is 24.5 Å². The van der Waals surface area contributed by atoms with Crippen LogP contribution in [-0.4, -0.2) is 40.8 Å². The smallest absolute Gasteiger partial charge is 0.326 e. The van der Waals surface area contributed by atoms with Crippen LogP contribution in [0.5, 0.6) is 0 Å². The fraction of sp³-hybridized carbons (Fsp3) is 0.667. The fourth-order valence-corrected chi connectivity index (χ4v) is 1.04. The zero-order valence-corrected chi connectivity index (χ0v) is 8.61. The number of rotatable bonds is 5. The average molecular weight is 201 g/mol. The molecule has 0 radical (unpaired) electrons. The number of carboxylic acid groups (broad SMARTS) is 1. The van der Waals surface area contributed by atoms with E-state index in [2.05, 4.69) is 0 Å². The first-order valence-electron chi connectivity index (χ1n) is 4.32. The summed E-state index contributed by atoms with van der Waals surface area (Å²) in [6.07, 6.45) is 0.343. The van der Waals surface area contributed by atoms with Gasteiger partial charge < -0.3 is 14.8 Å². The minimum absolute atomic E-state index is 0.0757. The molecule has 80 valence electrons. The van der Waals surface area contributed by atoms with Crippen LogP contribution in [0.25, 0.3) is 0 Å². The van der Waals surface area contributed by atoms with E-state index >= 15 is 0 Å². The first-order valence-corrected chi connectivity index (χ1v) is 4.32. The average Bonchev–Trinajstić information content (AvgIpc) is 2.02. The molecular formula is C9H15NO4. The van der Waals surface area contributed by atoms with Gasteiger partial charge in [-0.25, -0.2) is 4.79 Å². The predicted molar refractivity (Wildman–Crippen MR) is 49.8 cm³/mol. The lowest BCUT2D eigenvalue weighted by atomic mass is 10.1. The van der Waals surface area contributed by atoms with Gasteiger partial charge in [-0.2, -0.15) is 0 Å². The molecule has 0 spiro atoms. The zero-order valence-electron chi connectivity index (χ0n) is 8.61. The Balaban J connectivity index is 4.37. The van der Waals surface area contributed by atoms with E-state index in [1.165, 1.54) is 20.9 Å². The van der Waals surface area contributed by atoms with Gasteiger partial charge >= 0.3 is 5.97 Å². The summed E-state index contributed by atoms with van der Waals surface area (Å²) in [5, 5.41) is 8.80. The van der Waals surface area contributed by atoms with E-state index in [1.807, 2.05) is 0 Å². The van der Waals surface area contributed by atoms with Gasteiger partial charge in [0.05, 0.1) is 0 Å². The highest BCUT2D eigenvalue weighted by atomic mass is 16.4. The third-order valence-corrected chi connectivity index (χ3v) is 2.02. The molecule has 1 atom stereocenters. The Morgan fingerprint density at radius 1 is 1.29 bits per heavy atom. The van der Waals surface area contributed by atoms with E-state index in [9.17, 15) is 14.4 Å². The largest absolute Gasteiger partial charge is 0.480 e. The van der Waals surface area contributed by atoms with Crippen molar-refractivity contribution in [2.75, 3.05) is 7.05 Å². The van der Waals surface area contributed by atoms with Crippen molar-refractivity contribution >= 4 is 17.7 Å². The highest BCUT2D eigenvalue weighted by molar-refractivity contribution is 5.83. The van der Waals surface area contributed by atoms with Crippen LogP contribution in [0.4, 0.5) is 0 Å². The van der Waals surface area contributed by atoms with Crippen molar-refractivity contribution in [2.24, 2.45) is 0 Å². The second kappa shape index (κ2) is 5.36. The highest BCUT2D eigenvalue weighted by Gasteiger charge is 2.24. The van der Waals surface area contributed by atoms with Crippen molar-refractivity contribution in [3.05, 3.63) is 0 Å². The van der Waals surface area contributed by atoms with Gasteiger partial charge in [-0.1, -0.05) is 0 Å². The lowest BCUT2D eigenvalue weighted by Crippen LogP contribution is -2.41. The summed E-state index contributed by atoms with van der Waals surface area (Å²) in [5.74, 6) is -1.47. The number of carboxylic acids is 1. The van der Waals surface area contributed by atoms with Crippen molar-refractivity contribution in [3.63, 3.8) is 0 Å². The number of aliphatic carboxylic acids is 1. The molecule has 0 heterocycles. The number of carbonyl (C=O) groups excluding carboxylic acids is 2. The van der Waals surface area contributed by atoms with Crippen LogP contribution in [0.15, 0.2) is 0 Å². The SMILES string of the molecule is CC(=O)CC[C@@H](C(=O)O)N(C)C(C)=O. The number of carbonyl (C=O) groups is 3. The van der Waals surface area contributed by atoms with Gasteiger partial charge in [0, 0.05) is 20.4 Å². The maximum Gasteiger partial charge on any atom is 0.326 e.